The molecule has 5 heteroatoms. The Labute approximate surface area is 102 Å². The zero-order chi connectivity index (χ0) is 12.8. The van der Waals surface area contributed by atoms with Gasteiger partial charge in [-0.2, -0.15) is 0 Å². The van der Waals surface area contributed by atoms with E-state index in [4.69, 9.17) is 10.5 Å². The highest BCUT2D eigenvalue weighted by Crippen LogP contribution is 2.19. The average Bonchev–Trinajstić information content (AvgIpc) is 2.35. The first-order valence-electron chi connectivity index (χ1n) is 6.15. The fraction of sp³-hybridized carbons (Fsp3) is 0.833. The fourth-order valence-corrected chi connectivity index (χ4v) is 2.04. The number of hydrogen-bond donors (Lipinski definition) is 1. The first-order valence-corrected chi connectivity index (χ1v) is 6.15. The first-order chi connectivity index (χ1) is 8.04. The number of likely N-dealkylation sites (tertiary alicyclic amines) is 1. The highest BCUT2D eigenvalue weighted by atomic mass is 16.5. The summed E-state index contributed by atoms with van der Waals surface area (Å²) in [7, 11) is 1.41. The molecule has 0 spiro atoms. The molecule has 0 bridgehead atoms. The number of rotatable bonds is 4. The minimum atomic E-state index is -0.160. The van der Waals surface area contributed by atoms with Gasteiger partial charge in [0.1, 0.15) is 0 Å². The van der Waals surface area contributed by atoms with Crippen molar-refractivity contribution in [1.82, 2.24) is 4.90 Å². The Balaban J connectivity index is 2.31. The number of carbonyl (C=O) groups excluding carboxylic acids is 2. The molecule has 0 saturated carbocycles. The normalized spacial score (nSPS) is 18.9. The summed E-state index contributed by atoms with van der Waals surface area (Å²) < 4.78 is 4.71. The van der Waals surface area contributed by atoms with Crippen LogP contribution < -0.4 is 5.73 Å². The van der Waals surface area contributed by atoms with Gasteiger partial charge in [0, 0.05) is 25.6 Å². The second kappa shape index (κ2) is 6.59. The number of nitrogens with two attached hydrogens (primary N) is 1. The van der Waals surface area contributed by atoms with Crippen LogP contribution in [0.25, 0.3) is 0 Å². The van der Waals surface area contributed by atoms with Crippen molar-refractivity contribution in [2.24, 2.45) is 11.7 Å². The molecule has 1 aliphatic heterocycles. The van der Waals surface area contributed by atoms with Gasteiger partial charge < -0.3 is 15.4 Å². The van der Waals surface area contributed by atoms with Gasteiger partial charge in [0.15, 0.2) is 0 Å². The Morgan fingerprint density at radius 3 is 2.47 bits per heavy atom. The summed E-state index contributed by atoms with van der Waals surface area (Å²) in [6.45, 7) is 3.20. The molecule has 0 aromatic rings. The van der Waals surface area contributed by atoms with Crippen LogP contribution in [0.4, 0.5) is 0 Å². The number of esters is 1. The summed E-state index contributed by atoms with van der Waals surface area (Å²) in [4.78, 5) is 24.9. The Bertz CT molecular complexity index is 271. The standard InChI is InChI=1S/C12H22N2O3/c1-9(13)3-4-11(15)14-7-5-10(6-8-14)12(16)17-2/h9-10H,3-8,13H2,1-2H3. The van der Waals surface area contributed by atoms with Crippen LogP contribution >= 0.6 is 0 Å². The molecule has 17 heavy (non-hydrogen) atoms. The molecule has 0 aromatic heterocycles. The Morgan fingerprint density at radius 1 is 1.41 bits per heavy atom. The highest BCUT2D eigenvalue weighted by Gasteiger charge is 2.27. The average molecular weight is 242 g/mol. The van der Waals surface area contributed by atoms with Crippen molar-refractivity contribution in [3.8, 4) is 0 Å². The zero-order valence-electron chi connectivity index (χ0n) is 10.6. The van der Waals surface area contributed by atoms with Crippen molar-refractivity contribution < 1.29 is 14.3 Å². The zero-order valence-corrected chi connectivity index (χ0v) is 10.6. The molecular formula is C12H22N2O3. The second-order valence-corrected chi connectivity index (χ2v) is 4.69. The van der Waals surface area contributed by atoms with Crippen LogP contribution in [0.15, 0.2) is 0 Å². The molecular weight excluding hydrogens is 220 g/mol. The van der Waals surface area contributed by atoms with E-state index < -0.39 is 0 Å². The van der Waals surface area contributed by atoms with Gasteiger partial charge in [-0.1, -0.05) is 0 Å². The number of amides is 1. The summed E-state index contributed by atoms with van der Waals surface area (Å²) in [6, 6.07) is 0.0616. The van der Waals surface area contributed by atoms with Gasteiger partial charge >= 0.3 is 5.97 Å². The maximum absolute atomic E-state index is 11.8. The van der Waals surface area contributed by atoms with Gasteiger partial charge in [-0.15, -0.1) is 0 Å². The van der Waals surface area contributed by atoms with Crippen LogP contribution in [0.5, 0.6) is 0 Å². The topological polar surface area (TPSA) is 72.6 Å². The van der Waals surface area contributed by atoms with Crippen molar-refractivity contribution in [3.63, 3.8) is 0 Å². The van der Waals surface area contributed by atoms with Gasteiger partial charge in [-0.3, -0.25) is 9.59 Å². The molecule has 0 aromatic carbocycles. The van der Waals surface area contributed by atoms with Crippen molar-refractivity contribution in [2.45, 2.75) is 38.6 Å². The molecule has 1 heterocycles. The van der Waals surface area contributed by atoms with E-state index in [1.54, 1.807) is 0 Å². The van der Waals surface area contributed by atoms with Crippen molar-refractivity contribution in [1.29, 1.82) is 0 Å². The molecule has 98 valence electrons. The number of hydrogen-bond acceptors (Lipinski definition) is 4. The Morgan fingerprint density at radius 2 is 2.00 bits per heavy atom. The molecule has 0 radical (unpaired) electrons. The Kier molecular flexibility index (Phi) is 5.41. The summed E-state index contributed by atoms with van der Waals surface area (Å²) >= 11 is 0. The minimum Gasteiger partial charge on any atom is -0.469 e. The van der Waals surface area contributed by atoms with E-state index in [2.05, 4.69) is 0 Å². The van der Waals surface area contributed by atoms with Crippen LogP contribution in [0.1, 0.15) is 32.6 Å². The lowest BCUT2D eigenvalue weighted by Crippen LogP contribution is -2.40. The maximum Gasteiger partial charge on any atom is 0.308 e. The highest BCUT2D eigenvalue weighted by molar-refractivity contribution is 5.77. The molecule has 0 aliphatic carbocycles. The van der Waals surface area contributed by atoms with Gasteiger partial charge in [0.25, 0.3) is 0 Å². The van der Waals surface area contributed by atoms with E-state index >= 15 is 0 Å². The maximum atomic E-state index is 11.8. The van der Waals surface area contributed by atoms with Crippen LogP contribution in [-0.4, -0.2) is 43.0 Å². The monoisotopic (exact) mass is 242 g/mol. The van der Waals surface area contributed by atoms with E-state index in [0.29, 0.717) is 32.4 Å². The lowest BCUT2D eigenvalue weighted by molar-refractivity contribution is -0.148. The fourth-order valence-electron chi connectivity index (χ4n) is 2.04. The third-order valence-electron chi connectivity index (χ3n) is 3.20. The summed E-state index contributed by atoms with van der Waals surface area (Å²) in [5, 5.41) is 0. The third-order valence-corrected chi connectivity index (χ3v) is 3.20. The van der Waals surface area contributed by atoms with Crippen molar-refractivity contribution in [3.05, 3.63) is 0 Å². The SMILES string of the molecule is COC(=O)C1CCN(C(=O)CCC(C)N)CC1. The molecule has 1 unspecified atom stereocenters. The van der Waals surface area contributed by atoms with Gasteiger partial charge in [0.2, 0.25) is 5.91 Å². The summed E-state index contributed by atoms with van der Waals surface area (Å²) in [6.07, 6.45) is 2.63. The van der Waals surface area contributed by atoms with E-state index in [0.717, 1.165) is 6.42 Å². The number of methoxy groups -OCH3 is 1. The first kappa shape index (κ1) is 14.0. The lowest BCUT2D eigenvalue weighted by atomic mass is 9.96. The molecule has 2 N–H and O–H groups in total. The van der Waals surface area contributed by atoms with Crippen LogP contribution in [0, 0.1) is 5.92 Å². The molecule has 1 saturated heterocycles. The molecule has 1 fully saturated rings. The van der Waals surface area contributed by atoms with Gasteiger partial charge in [-0.05, 0) is 26.2 Å². The Hall–Kier alpha value is -1.10. The molecule has 5 nitrogen and oxygen atoms in total. The molecule has 1 atom stereocenters. The van der Waals surface area contributed by atoms with E-state index in [9.17, 15) is 9.59 Å². The quantitative estimate of drug-likeness (QED) is 0.730. The molecule has 1 aliphatic rings. The molecule has 1 amide bonds. The number of carbonyl (C=O) groups is 2. The van der Waals surface area contributed by atoms with Gasteiger partial charge in [-0.25, -0.2) is 0 Å². The predicted octanol–water partition coefficient (Wildman–Crippen LogP) is 0.525. The van der Waals surface area contributed by atoms with Crippen LogP contribution in [0.2, 0.25) is 0 Å². The second-order valence-electron chi connectivity index (χ2n) is 4.69. The van der Waals surface area contributed by atoms with E-state index in [-0.39, 0.29) is 23.8 Å². The third kappa shape index (κ3) is 4.34. The van der Waals surface area contributed by atoms with E-state index in [1.807, 2.05) is 11.8 Å². The molecule has 1 rings (SSSR count). The largest absolute Gasteiger partial charge is 0.469 e. The van der Waals surface area contributed by atoms with Crippen LogP contribution in [0.3, 0.4) is 0 Å². The smallest absolute Gasteiger partial charge is 0.308 e. The minimum absolute atomic E-state index is 0.0440. The summed E-state index contributed by atoms with van der Waals surface area (Å²) in [5.41, 5.74) is 5.62. The van der Waals surface area contributed by atoms with E-state index in [1.165, 1.54) is 7.11 Å². The van der Waals surface area contributed by atoms with Gasteiger partial charge in [0.05, 0.1) is 13.0 Å². The summed E-state index contributed by atoms with van der Waals surface area (Å²) in [5.74, 6) is -0.0595. The van der Waals surface area contributed by atoms with Crippen molar-refractivity contribution in [2.75, 3.05) is 20.2 Å². The van der Waals surface area contributed by atoms with Crippen LogP contribution in [-0.2, 0) is 14.3 Å². The number of nitrogens with zero attached hydrogens (tertiary/aromatic N) is 1. The lowest BCUT2D eigenvalue weighted by Gasteiger charge is -2.30. The number of piperidine rings is 1. The number of ether oxygens (including phenoxy) is 1. The van der Waals surface area contributed by atoms with Crippen molar-refractivity contribution >= 4 is 11.9 Å². The predicted molar refractivity (Wildman–Crippen MR) is 64.2 cm³/mol.